The van der Waals surface area contributed by atoms with Gasteiger partial charge in [0.2, 0.25) is 11.7 Å². The molecule has 7 heteroatoms. The van der Waals surface area contributed by atoms with Gasteiger partial charge in [0.05, 0.1) is 19.9 Å². The van der Waals surface area contributed by atoms with Gasteiger partial charge in [-0.05, 0) is 18.2 Å². The number of furan rings is 1. The van der Waals surface area contributed by atoms with Crippen molar-refractivity contribution in [3.05, 3.63) is 53.5 Å². The summed E-state index contributed by atoms with van der Waals surface area (Å²) in [6, 6.07) is 6.32. The van der Waals surface area contributed by atoms with Crippen LogP contribution >= 0.6 is 0 Å². The fourth-order valence-electron chi connectivity index (χ4n) is 1.98. The molecule has 0 saturated carbocycles. The van der Waals surface area contributed by atoms with E-state index in [-0.39, 0.29) is 30.2 Å². The lowest BCUT2D eigenvalue weighted by Gasteiger charge is -2.09. The van der Waals surface area contributed by atoms with Crippen molar-refractivity contribution in [2.75, 3.05) is 13.7 Å². The Hall–Kier alpha value is -2.41. The molecule has 0 atom stereocenters. The van der Waals surface area contributed by atoms with E-state index < -0.39 is 11.6 Å². The SMILES string of the molecule is COc1ccc(CNCCC(=O)NCc2ccco2)c(F)c1F. The van der Waals surface area contributed by atoms with Crippen molar-refractivity contribution in [1.82, 2.24) is 10.6 Å². The lowest BCUT2D eigenvalue weighted by Crippen LogP contribution is -2.27. The van der Waals surface area contributed by atoms with Crippen LogP contribution in [-0.4, -0.2) is 19.6 Å². The van der Waals surface area contributed by atoms with Crippen LogP contribution in [0.2, 0.25) is 0 Å². The predicted octanol–water partition coefficient (Wildman–Crippen LogP) is 2.36. The van der Waals surface area contributed by atoms with Gasteiger partial charge in [0.25, 0.3) is 0 Å². The van der Waals surface area contributed by atoms with Crippen molar-refractivity contribution >= 4 is 5.91 Å². The normalized spacial score (nSPS) is 10.6. The van der Waals surface area contributed by atoms with Crippen LogP contribution in [0.4, 0.5) is 8.78 Å². The van der Waals surface area contributed by atoms with E-state index in [0.29, 0.717) is 18.8 Å². The van der Waals surface area contributed by atoms with Gasteiger partial charge in [-0.3, -0.25) is 4.79 Å². The van der Waals surface area contributed by atoms with Crippen molar-refractivity contribution in [1.29, 1.82) is 0 Å². The van der Waals surface area contributed by atoms with Gasteiger partial charge in [-0.25, -0.2) is 4.39 Å². The second-order valence-corrected chi connectivity index (χ2v) is 4.84. The van der Waals surface area contributed by atoms with Crippen LogP contribution in [0.5, 0.6) is 5.75 Å². The number of benzene rings is 1. The molecule has 5 nitrogen and oxygen atoms in total. The Kier molecular flexibility index (Phi) is 6.10. The molecule has 2 N–H and O–H groups in total. The molecule has 1 amide bonds. The summed E-state index contributed by atoms with van der Waals surface area (Å²) in [6.45, 7) is 0.791. The Labute approximate surface area is 132 Å². The fraction of sp³-hybridized carbons (Fsp3) is 0.312. The summed E-state index contributed by atoms with van der Waals surface area (Å²) in [7, 11) is 1.27. The first kappa shape index (κ1) is 17.0. The molecular weight excluding hydrogens is 306 g/mol. The smallest absolute Gasteiger partial charge is 0.221 e. The first-order chi connectivity index (χ1) is 11.1. The second kappa shape index (κ2) is 8.28. The molecule has 23 heavy (non-hydrogen) atoms. The summed E-state index contributed by atoms with van der Waals surface area (Å²) in [4.78, 5) is 11.6. The topological polar surface area (TPSA) is 63.5 Å². The Morgan fingerprint density at radius 1 is 1.22 bits per heavy atom. The molecule has 0 unspecified atom stereocenters. The first-order valence-corrected chi connectivity index (χ1v) is 7.12. The van der Waals surface area contributed by atoms with Crippen molar-refractivity contribution in [3.8, 4) is 5.75 Å². The molecule has 0 spiro atoms. The number of methoxy groups -OCH3 is 1. The highest BCUT2D eigenvalue weighted by molar-refractivity contribution is 5.75. The molecule has 0 radical (unpaired) electrons. The van der Waals surface area contributed by atoms with Crippen LogP contribution in [0.3, 0.4) is 0 Å². The molecule has 1 aromatic carbocycles. The maximum absolute atomic E-state index is 13.7. The molecule has 2 aromatic rings. The van der Waals surface area contributed by atoms with Gasteiger partial charge >= 0.3 is 0 Å². The monoisotopic (exact) mass is 324 g/mol. The van der Waals surface area contributed by atoms with E-state index in [1.54, 1.807) is 12.1 Å². The van der Waals surface area contributed by atoms with Crippen LogP contribution < -0.4 is 15.4 Å². The van der Waals surface area contributed by atoms with Gasteiger partial charge in [0.1, 0.15) is 5.76 Å². The number of ether oxygens (including phenoxy) is 1. The molecule has 0 fully saturated rings. The maximum atomic E-state index is 13.7. The van der Waals surface area contributed by atoms with Gasteiger partial charge in [-0.2, -0.15) is 4.39 Å². The molecule has 0 bridgehead atoms. The number of carbonyl (C=O) groups excluding carboxylic acids is 1. The largest absolute Gasteiger partial charge is 0.494 e. The molecule has 0 saturated heterocycles. The van der Waals surface area contributed by atoms with E-state index in [1.165, 1.54) is 25.5 Å². The third-order valence-electron chi connectivity index (χ3n) is 3.23. The highest BCUT2D eigenvalue weighted by Gasteiger charge is 2.13. The average molecular weight is 324 g/mol. The van der Waals surface area contributed by atoms with Crippen molar-refractivity contribution in [3.63, 3.8) is 0 Å². The zero-order valence-corrected chi connectivity index (χ0v) is 12.7. The number of carbonyl (C=O) groups is 1. The lowest BCUT2D eigenvalue weighted by atomic mass is 10.2. The first-order valence-electron chi connectivity index (χ1n) is 7.12. The highest BCUT2D eigenvalue weighted by atomic mass is 19.2. The van der Waals surface area contributed by atoms with E-state index in [2.05, 4.69) is 10.6 Å². The Morgan fingerprint density at radius 3 is 2.74 bits per heavy atom. The number of hydrogen-bond donors (Lipinski definition) is 2. The Balaban J connectivity index is 1.71. The van der Waals surface area contributed by atoms with Crippen LogP contribution in [0.25, 0.3) is 0 Å². The third kappa shape index (κ3) is 4.79. The molecule has 2 rings (SSSR count). The van der Waals surface area contributed by atoms with E-state index in [1.807, 2.05) is 0 Å². The number of rotatable bonds is 8. The molecule has 1 heterocycles. The van der Waals surface area contributed by atoms with Crippen LogP contribution in [0.15, 0.2) is 34.9 Å². The molecule has 1 aromatic heterocycles. The zero-order chi connectivity index (χ0) is 16.7. The minimum absolute atomic E-state index is 0.123. The molecule has 0 aliphatic carbocycles. The van der Waals surface area contributed by atoms with Gasteiger partial charge in [0, 0.05) is 25.1 Å². The summed E-state index contributed by atoms with van der Waals surface area (Å²) in [5.74, 6) is -1.58. The summed E-state index contributed by atoms with van der Waals surface area (Å²) in [5.41, 5.74) is 0.180. The fourth-order valence-corrected chi connectivity index (χ4v) is 1.98. The average Bonchev–Trinajstić information content (AvgIpc) is 3.07. The molecule has 0 aliphatic heterocycles. The van der Waals surface area contributed by atoms with E-state index in [0.717, 1.165) is 0 Å². The molecular formula is C16H18F2N2O3. The summed E-state index contributed by atoms with van der Waals surface area (Å²) in [6.07, 6.45) is 1.76. The minimum Gasteiger partial charge on any atom is -0.494 e. The summed E-state index contributed by atoms with van der Waals surface area (Å²) >= 11 is 0. The summed E-state index contributed by atoms with van der Waals surface area (Å²) < 4.78 is 37.1. The highest BCUT2D eigenvalue weighted by Crippen LogP contribution is 2.22. The Bertz CT molecular complexity index is 645. The zero-order valence-electron chi connectivity index (χ0n) is 12.7. The summed E-state index contributed by atoms with van der Waals surface area (Å²) in [5, 5.41) is 5.60. The van der Waals surface area contributed by atoms with Crippen LogP contribution in [-0.2, 0) is 17.9 Å². The van der Waals surface area contributed by atoms with E-state index in [4.69, 9.17) is 9.15 Å². The van der Waals surface area contributed by atoms with E-state index in [9.17, 15) is 13.6 Å². The number of halogens is 2. The number of hydrogen-bond acceptors (Lipinski definition) is 4. The minimum atomic E-state index is -1.01. The van der Waals surface area contributed by atoms with Crippen LogP contribution in [0.1, 0.15) is 17.7 Å². The van der Waals surface area contributed by atoms with Gasteiger partial charge in [-0.1, -0.05) is 6.07 Å². The van der Waals surface area contributed by atoms with Crippen LogP contribution in [0, 0.1) is 11.6 Å². The Morgan fingerprint density at radius 2 is 2.04 bits per heavy atom. The second-order valence-electron chi connectivity index (χ2n) is 4.84. The van der Waals surface area contributed by atoms with Crippen molar-refractivity contribution < 1.29 is 22.7 Å². The maximum Gasteiger partial charge on any atom is 0.221 e. The number of amides is 1. The van der Waals surface area contributed by atoms with Gasteiger partial charge in [-0.15, -0.1) is 0 Å². The predicted molar refractivity (Wildman–Crippen MR) is 79.8 cm³/mol. The molecule has 0 aliphatic rings. The van der Waals surface area contributed by atoms with Crippen molar-refractivity contribution in [2.24, 2.45) is 0 Å². The van der Waals surface area contributed by atoms with Gasteiger partial charge < -0.3 is 19.8 Å². The standard InChI is InChI=1S/C16H18F2N2O3/c1-22-13-5-4-11(15(17)16(13)18)9-19-7-6-14(21)20-10-12-3-2-8-23-12/h2-5,8,19H,6-7,9-10H2,1H3,(H,20,21). The molecule has 124 valence electrons. The quantitative estimate of drug-likeness (QED) is 0.732. The van der Waals surface area contributed by atoms with Crippen molar-refractivity contribution in [2.45, 2.75) is 19.5 Å². The lowest BCUT2D eigenvalue weighted by molar-refractivity contribution is -0.121. The third-order valence-corrected chi connectivity index (χ3v) is 3.23. The number of nitrogens with one attached hydrogen (secondary N) is 2. The van der Waals surface area contributed by atoms with E-state index >= 15 is 0 Å². The van der Waals surface area contributed by atoms with Gasteiger partial charge in [0.15, 0.2) is 11.6 Å².